The van der Waals surface area contributed by atoms with E-state index in [2.05, 4.69) is 35.9 Å². The van der Waals surface area contributed by atoms with Crippen LogP contribution in [0.15, 0.2) is 27.9 Å². The molecule has 2 aromatic heterocycles. The molecule has 0 radical (unpaired) electrons. The predicted molar refractivity (Wildman–Crippen MR) is 158 cm³/mol. The number of benzene rings is 1. The summed E-state index contributed by atoms with van der Waals surface area (Å²) in [6.45, 7) is 6.90. The molecule has 1 aliphatic rings. The minimum absolute atomic E-state index is 0.0179. The monoisotopic (exact) mass is 620 g/mol. The van der Waals surface area contributed by atoms with E-state index in [0.29, 0.717) is 67.1 Å². The minimum Gasteiger partial charge on any atom is -0.493 e. The predicted octanol–water partition coefficient (Wildman–Crippen LogP) is 2.86. The molecule has 0 unspecified atom stereocenters. The van der Waals surface area contributed by atoms with Crippen LogP contribution in [-0.4, -0.2) is 91.2 Å². The first-order valence-corrected chi connectivity index (χ1v) is 14.9. The Bertz CT molecular complexity index is 1450. The molecule has 16 nitrogen and oxygen atoms in total. The number of nitrogens with zero attached hydrogens (tertiary/aromatic N) is 7. The molecule has 17 heteroatoms. The molecule has 3 aromatic rings. The molecule has 0 aliphatic carbocycles. The van der Waals surface area contributed by atoms with Crippen LogP contribution in [0.4, 0.5) is 0 Å². The summed E-state index contributed by atoms with van der Waals surface area (Å²) >= 11 is 1.56. The first-order chi connectivity index (χ1) is 20.7. The fourth-order valence-electron chi connectivity index (χ4n) is 4.97. The van der Waals surface area contributed by atoms with E-state index in [4.69, 9.17) is 9.72 Å². The Kier molecular flexibility index (Phi) is 11.1. The van der Waals surface area contributed by atoms with Crippen molar-refractivity contribution in [3.63, 3.8) is 0 Å². The van der Waals surface area contributed by atoms with Gasteiger partial charge in [0.05, 0.1) is 31.1 Å². The summed E-state index contributed by atoms with van der Waals surface area (Å²) in [4.78, 5) is 53.7. The number of hydrogen-bond acceptors (Lipinski definition) is 13. The molecule has 1 fully saturated rings. The lowest BCUT2D eigenvalue weighted by Crippen LogP contribution is -2.57. The summed E-state index contributed by atoms with van der Waals surface area (Å²) in [6, 6.07) is 5.95. The molecular weight excluding hydrogens is 584 g/mol. The van der Waals surface area contributed by atoms with Gasteiger partial charge in [0.15, 0.2) is 5.52 Å². The zero-order chi connectivity index (χ0) is 30.9. The van der Waals surface area contributed by atoms with Crippen LogP contribution >= 0.6 is 11.9 Å². The normalized spacial score (nSPS) is 13.8. The highest BCUT2D eigenvalue weighted by Gasteiger charge is 2.32. The Labute approximate surface area is 251 Å². The van der Waals surface area contributed by atoms with E-state index in [0.717, 1.165) is 30.1 Å². The van der Waals surface area contributed by atoms with Crippen molar-refractivity contribution in [3.8, 4) is 17.1 Å². The number of H-pyrrole nitrogens is 1. The second-order valence-corrected chi connectivity index (χ2v) is 11.1. The molecule has 1 N–H and O–H groups in total. The third-order valence-corrected chi connectivity index (χ3v) is 7.93. The Morgan fingerprint density at radius 2 is 1.79 bits per heavy atom. The van der Waals surface area contributed by atoms with E-state index < -0.39 is 10.2 Å². The quantitative estimate of drug-likeness (QED) is 0.0948. The first-order valence-electron chi connectivity index (χ1n) is 14.1. The maximum atomic E-state index is 13.1. The van der Waals surface area contributed by atoms with E-state index in [1.165, 1.54) is 0 Å². The van der Waals surface area contributed by atoms with Gasteiger partial charge in [-0.25, -0.2) is 9.29 Å². The Morgan fingerprint density at radius 3 is 2.40 bits per heavy atom. The van der Waals surface area contributed by atoms with Crippen LogP contribution in [0.2, 0.25) is 0 Å². The van der Waals surface area contributed by atoms with Gasteiger partial charge in [-0.3, -0.25) is 14.4 Å². The fraction of sp³-hybridized carbons (Fsp3) is 0.577. The number of rotatable bonds is 18. The molecule has 4 rings (SSSR count). The second kappa shape index (κ2) is 15.0. The van der Waals surface area contributed by atoms with Gasteiger partial charge in [0.1, 0.15) is 17.1 Å². The lowest BCUT2D eigenvalue weighted by molar-refractivity contribution is -0.758. The van der Waals surface area contributed by atoms with Crippen LogP contribution in [0.25, 0.3) is 22.4 Å². The second-order valence-electron chi connectivity index (χ2n) is 9.97. The van der Waals surface area contributed by atoms with Crippen LogP contribution in [0.5, 0.6) is 5.75 Å². The Balaban J connectivity index is 1.47. The molecule has 1 aliphatic heterocycles. The molecule has 43 heavy (non-hydrogen) atoms. The van der Waals surface area contributed by atoms with Crippen LogP contribution < -0.4 is 10.3 Å². The SMILES string of the molecule is CCCc1nn(C)c2c(=O)[nH]c(-c3cc(SN4CC(N(CCCO[N+](=O)[O-])CCCO[N+](=O)[O-])C4)ccc3OCC)nc12. The topological polar surface area (TPSA) is 184 Å². The molecule has 0 saturated carbocycles. The van der Waals surface area contributed by atoms with Crippen LogP contribution in [0, 0.1) is 20.2 Å². The number of hydrogen-bond donors (Lipinski definition) is 1. The molecule has 1 saturated heterocycles. The lowest BCUT2D eigenvalue weighted by Gasteiger charge is -2.44. The summed E-state index contributed by atoms with van der Waals surface area (Å²) in [7, 11) is 1.74. The molecule has 1 aromatic carbocycles. The van der Waals surface area contributed by atoms with Gasteiger partial charge in [0.2, 0.25) is 0 Å². The molecule has 0 atom stereocenters. The first kappa shape index (κ1) is 32.0. The molecule has 0 amide bonds. The van der Waals surface area contributed by atoms with E-state index in [9.17, 15) is 25.0 Å². The zero-order valence-corrected chi connectivity index (χ0v) is 25.2. The zero-order valence-electron chi connectivity index (χ0n) is 24.4. The summed E-state index contributed by atoms with van der Waals surface area (Å²) in [6.07, 6.45) is 2.49. The molecule has 3 heterocycles. The van der Waals surface area contributed by atoms with Crippen molar-refractivity contribution in [2.45, 2.75) is 50.5 Å². The van der Waals surface area contributed by atoms with E-state index in [1.807, 2.05) is 25.1 Å². The van der Waals surface area contributed by atoms with Crippen LogP contribution in [0.3, 0.4) is 0 Å². The summed E-state index contributed by atoms with van der Waals surface area (Å²) < 4.78 is 9.63. The molecular formula is C26H36N8O8S. The van der Waals surface area contributed by atoms with Crippen molar-refractivity contribution in [1.29, 1.82) is 0 Å². The van der Waals surface area contributed by atoms with Crippen LogP contribution in [-0.2, 0) is 23.1 Å². The highest BCUT2D eigenvalue weighted by molar-refractivity contribution is 7.97. The number of nitrogens with one attached hydrogen (secondary N) is 1. The summed E-state index contributed by atoms with van der Waals surface area (Å²) in [5.41, 5.74) is 2.20. The Hall–Kier alpha value is -3.96. The van der Waals surface area contributed by atoms with Gasteiger partial charge in [0.25, 0.3) is 15.7 Å². The number of aromatic amines is 1. The fourth-order valence-corrected chi connectivity index (χ4v) is 6.06. The third-order valence-electron chi connectivity index (χ3n) is 6.91. The number of aryl methyl sites for hydroxylation is 2. The standard InChI is InChI=1S/C26H36N8O8S/c1-4-8-21-23-24(30(3)29-21)26(35)28-25(27-23)20-15-19(9-10-22(20)40-5-2)43-32-16-18(17-32)31(11-6-13-41-33(36)37)12-7-14-42-34(38)39/h9-10,15,18H,4-8,11-14,16-17H2,1-3H3,(H,27,28,35). The van der Waals surface area contributed by atoms with Gasteiger partial charge in [-0.1, -0.05) is 13.3 Å². The summed E-state index contributed by atoms with van der Waals surface area (Å²) in [5.74, 6) is 1.02. The van der Waals surface area contributed by atoms with Gasteiger partial charge in [0, 0.05) is 44.2 Å². The van der Waals surface area contributed by atoms with Crippen LogP contribution in [0.1, 0.15) is 38.8 Å². The van der Waals surface area contributed by atoms with E-state index in [1.54, 1.807) is 23.7 Å². The highest BCUT2D eigenvalue weighted by Crippen LogP contribution is 2.36. The van der Waals surface area contributed by atoms with Crippen molar-refractivity contribution in [2.24, 2.45) is 7.05 Å². The average Bonchev–Trinajstić information content (AvgIpc) is 3.25. The van der Waals surface area contributed by atoms with Gasteiger partial charge in [-0.15, -0.1) is 20.2 Å². The minimum atomic E-state index is -0.813. The molecule has 0 spiro atoms. The third kappa shape index (κ3) is 8.32. The smallest absolute Gasteiger partial charge is 0.294 e. The lowest BCUT2D eigenvalue weighted by atomic mass is 10.1. The van der Waals surface area contributed by atoms with Gasteiger partial charge < -0.3 is 19.4 Å². The van der Waals surface area contributed by atoms with Gasteiger partial charge in [-0.2, -0.15) is 5.10 Å². The summed E-state index contributed by atoms with van der Waals surface area (Å²) in [5, 5.41) is 23.8. The molecule has 0 bridgehead atoms. The van der Waals surface area contributed by atoms with Crippen molar-refractivity contribution in [3.05, 3.63) is 54.5 Å². The van der Waals surface area contributed by atoms with E-state index >= 15 is 0 Å². The van der Waals surface area contributed by atoms with Crippen molar-refractivity contribution >= 4 is 23.0 Å². The maximum absolute atomic E-state index is 13.1. The van der Waals surface area contributed by atoms with Gasteiger partial charge >= 0.3 is 0 Å². The van der Waals surface area contributed by atoms with Crippen molar-refractivity contribution in [2.75, 3.05) is 46.0 Å². The number of ether oxygens (including phenoxy) is 1. The average molecular weight is 621 g/mol. The Morgan fingerprint density at radius 1 is 1.12 bits per heavy atom. The van der Waals surface area contributed by atoms with E-state index in [-0.39, 0.29) is 24.8 Å². The number of aromatic nitrogens is 4. The maximum Gasteiger partial charge on any atom is 0.294 e. The number of fused-ring (bicyclic) bond motifs is 1. The highest BCUT2D eigenvalue weighted by atomic mass is 32.2. The van der Waals surface area contributed by atoms with Crippen molar-refractivity contribution in [1.82, 2.24) is 29.0 Å². The van der Waals surface area contributed by atoms with Crippen molar-refractivity contribution < 1.29 is 24.6 Å². The molecule has 234 valence electrons. The van der Waals surface area contributed by atoms with Gasteiger partial charge in [-0.05, 0) is 56.3 Å². The largest absolute Gasteiger partial charge is 0.493 e.